The van der Waals surface area contributed by atoms with Gasteiger partial charge in [0.2, 0.25) is 12.0 Å². The van der Waals surface area contributed by atoms with E-state index < -0.39 is 29.8 Å². The first-order chi connectivity index (χ1) is 13.0. The lowest BCUT2D eigenvalue weighted by atomic mass is 10.3. The summed E-state index contributed by atoms with van der Waals surface area (Å²) >= 11 is 1.12. The molecule has 1 aromatic heterocycles. The number of amides is 1. The van der Waals surface area contributed by atoms with Gasteiger partial charge in [0.05, 0.1) is 18.0 Å². The highest BCUT2D eigenvalue weighted by atomic mass is 32.1. The van der Waals surface area contributed by atoms with E-state index >= 15 is 0 Å². The summed E-state index contributed by atoms with van der Waals surface area (Å²) in [5.41, 5.74) is 0.484. The van der Waals surface area contributed by atoms with Crippen LogP contribution in [0.5, 0.6) is 0 Å². The number of ether oxygens (including phenoxy) is 2. The fraction of sp³-hybridized carbons (Fsp3) is 0.222. The highest BCUT2D eigenvalue weighted by molar-refractivity contribution is 7.14. The number of thiazole rings is 1. The van der Waals surface area contributed by atoms with Gasteiger partial charge in [-0.25, -0.2) is 19.0 Å². The van der Waals surface area contributed by atoms with Crippen molar-refractivity contribution in [1.82, 2.24) is 4.98 Å². The molecule has 7 nitrogen and oxygen atoms in total. The minimum atomic E-state index is -0.887. The first kappa shape index (κ1) is 18.7. The third kappa shape index (κ3) is 4.37. The summed E-state index contributed by atoms with van der Waals surface area (Å²) in [6, 6.07) is 5.88. The van der Waals surface area contributed by atoms with Gasteiger partial charge in [0.1, 0.15) is 5.82 Å². The van der Waals surface area contributed by atoms with Crippen LogP contribution in [0.1, 0.15) is 19.0 Å². The maximum atomic E-state index is 14.0. The predicted octanol–water partition coefficient (Wildman–Crippen LogP) is 2.84. The van der Waals surface area contributed by atoms with Gasteiger partial charge in [0.15, 0.2) is 5.13 Å². The molecule has 0 saturated carbocycles. The lowest BCUT2D eigenvalue weighted by Crippen LogP contribution is -2.23. The Bertz CT molecular complexity index is 911. The van der Waals surface area contributed by atoms with E-state index in [-0.39, 0.29) is 17.4 Å². The third-order valence-electron chi connectivity index (χ3n) is 3.65. The van der Waals surface area contributed by atoms with Gasteiger partial charge in [0.25, 0.3) is 0 Å². The first-order valence-corrected chi connectivity index (χ1v) is 8.90. The Labute approximate surface area is 158 Å². The highest BCUT2D eigenvalue weighted by Gasteiger charge is 2.29. The topological polar surface area (TPSA) is 85.8 Å². The summed E-state index contributed by atoms with van der Waals surface area (Å²) in [5, 5.41) is 1.87. The number of hydrogen-bond acceptors (Lipinski definition) is 7. The molecule has 140 valence electrons. The Morgan fingerprint density at radius 3 is 2.85 bits per heavy atom. The molecule has 0 bridgehead atoms. The van der Waals surface area contributed by atoms with Crippen LogP contribution in [0.15, 0.2) is 35.7 Å². The molecule has 0 N–H and O–H groups in total. The lowest BCUT2D eigenvalue weighted by Gasteiger charge is -2.18. The van der Waals surface area contributed by atoms with E-state index in [0.717, 1.165) is 22.3 Å². The second-order valence-corrected chi connectivity index (χ2v) is 6.41. The van der Waals surface area contributed by atoms with Crippen LogP contribution in [0.2, 0.25) is 0 Å². The number of anilines is 2. The molecule has 0 aliphatic carbocycles. The van der Waals surface area contributed by atoms with Crippen molar-refractivity contribution >= 4 is 46.1 Å². The average molecular weight is 390 g/mol. The Hall–Kier alpha value is -3.07. The molecule has 0 unspecified atom stereocenters. The van der Waals surface area contributed by atoms with Crippen LogP contribution in [0.4, 0.5) is 15.2 Å². The Kier molecular flexibility index (Phi) is 5.60. The molecule has 2 aromatic rings. The predicted molar refractivity (Wildman–Crippen MR) is 95.8 cm³/mol. The number of benzene rings is 1. The fourth-order valence-corrected chi connectivity index (χ4v) is 3.26. The fourth-order valence-electron chi connectivity index (χ4n) is 2.41. The average Bonchev–Trinajstić information content (AvgIpc) is 3.24. The third-order valence-corrected chi connectivity index (χ3v) is 4.49. The van der Waals surface area contributed by atoms with E-state index in [9.17, 15) is 18.8 Å². The van der Waals surface area contributed by atoms with Crippen molar-refractivity contribution in [3.63, 3.8) is 0 Å². The summed E-state index contributed by atoms with van der Waals surface area (Å²) in [7, 11) is 0. The van der Waals surface area contributed by atoms with Gasteiger partial charge in [-0.1, -0.05) is 12.1 Å². The van der Waals surface area contributed by atoms with Crippen LogP contribution in [-0.4, -0.2) is 35.5 Å². The summed E-state index contributed by atoms with van der Waals surface area (Å²) in [6.45, 7) is 1.54. The van der Waals surface area contributed by atoms with Crippen molar-refractivity contribution in [1.29, 1.82) is 0 Å². The van der Waals surface area contributed by atoms with Gasteiger partial charge in [-0.15, -0.1) is 11.3 Å². The van der Waals surface area contributed by atoms with Gasteiger partial charge < -0.3 is 9.47 Å². The second kappa shape index (κ2) is 8.09. The number of esters is 2. The molecule has 1 saturated heterocycles. The molecular weight excluding hydrogens is 375 g/mol. The molecule has 0 spiro atoms. The lowest BCUT2D eigenvalue weighted by molar-refractivity contribution is -0.156. The number of hydrogen-bond donors (Lipinski definition) is 0. The van der Waals surface area contributed by atoms with Crippen molar-refractivity contribution in [3.8, 4) is 0 Å². The maximum absolute atomic E-state index is 14.0. The molecule has 27 heavy (non-hydrogen) atoms. The molecular formula is C18H15FN2O5S. The van der Waals surface area contributed by atoms with Crippen molar-refractivity contribution < 1.29 is 28.2 Å². The molecule has 1 fully saturated rings. The van der Waals surface area contributed by atoms with E-state index in [1.807, 2.05) is 0 Å². The van der Waals surface area contributed by atoms with Crippen LogP contribution in [0, 0.1) is 5.82 Å². The largest absolute Gasteiger partial charge is 0.463 e. The Morgan fingerprint density at radius 1 is 1.41 bits per heavy atom. The molecule has 1 amide bonds. The zero-order valence-corrected chi connectivity index (χ0v) is 15.1. The molecule has 9 heteroatoms. The normalized spacial score (nSPS) is 16.4. The quantitative estimate of drug-likeness (QED) is 0.576. The van der Waals surface area contributed by atoms with Crippen molar-refractivity contribution in [2.45, 2.75) is 19.4 Å². The van der Waals surface area contributed by atoms with E-state index in [4.69, 9.17) is 9.47 Å². The summed E-state index contributed by atoms with van der Waals surface area (Å²) < 4.78 is 23.7. The number of halogens is 1. The van der Waals surface area contributed by atoms with Gasteiger partial charge in [-0.3, -0.25) is 9.69 Å². The first-order valence-electron chi connectivity index (χ1n) is 8.02. The number of para-hydroxylation sites is 1. The molecule has 0 radical (unpaired) electrons. The van der Waals surface area contributed by atoms with Gasteiger partial charge in [0, 0.05) is 24.8 Å². The van der Waals surface area contributed by atoms with Crippen LogP contribution in [-0.2, 0) is 23.9 Å². The molecule has 3 rings (SSSR count). The SMILES string of the molecule is CC(=O)N(c1nc(/C=C/C(=O)O[C@@H]2CCOC2=O)cs1)c1ccccc1F. The number of aromatic nitrogens is 1. The summed E-state index contributed by atoms with van der Waals surface area (Å²) in [5.74, 6) is -2.21. The van der Waals surface area contributed by atoms with Gasteiger partial charge in [-0.2, -0.15) is 0 Å². The number of nitrogens with zero attached hydrogens (tertiary/aromatic N) is 2. The number of carbonyl (C=O) groups excluding carboxylic acids is 3. The number of rotatable bonds is 5. The van der Waals surface area contributed by atoms with Crippen LogP contribution >= 0.6 is 11.3 Å². The molecule has 1 aromatic carbocycles. The molecule has 2 heterocycles. The standard InChI is InChI=1S/C18H15FN2O5S/c1-11(22)21(14-5-3-2-4-13(14)19)18-20-12(10-27-18)6-7-16(23)26-15-8-9-25-17(15)24/h2-7,10,15H,8-9H2,1H3/b7-6+/t15-/m1/s1. The van der Waals surface area contributed by atoms with Crippen LogP contribution < -0.4 is 4.90 Å². The van der Waals surface area contributed by atoms with Crippen molar-refractivity contribution in [3.05, 3.63) is 47.2 Å². The Balaban J connectivity index is 1.73. The Morgan fingerprint density at radius 2 is 2.19 bits per heavy atom. The van der Waals surface area contributed by atoms with Crippen LogP contribution in [0.25, 0.3) is 6.08 Å². The van der Waals surface area contributed by atoms with Crippen molar-refractivity contribution in [2.75, 3.05) is 11.5 Å². The van der Waals surface area contributed by atoms with Crippen molar-refractivity contribution in [2.24, 2.45) is 0 Å². The second-order valence-electron chi connectivity index (χ2n) is 5.58. The maximum Gasteiger partial charge on any atom is 0.347 e. The van der Waals surface area contributed by atoms with E-state index in [2.05, 4.69) is 4.98 Å². The van der Waals surface area contributed by atoms with E-state index in [1.165, 1.54) is 31.2 Å². The van der Waals surface area contributed by atoms with Gasteiger partial charge in [-0.05, 0) is 18.2 Å². The molecule has 1 atom stereocenters. The van der Waals surface area contributed by atoms with E-state index in [1.54, 1.807) is 11.4 Å². The molecule has 1 aliphatic heterocycles. The highest BCUT2D eigenvalue weighted by Crippen LogP contribution is 2.31. The van der Waals surface area contributed by atoms with Gasteiger partial charge >= 0.3 is 11.9 Å². The molecule has 1 aliphatic rings. The van der Waals surface area contributed by atoms with Crippen LogP contribution in [0.3, 0.4) is 0 Å². The number of carbonyl (C=O) groups is 3. The zero-order chi connectivity index (χ0) is 19.4. The van der Waals surface area contributed by atoms with E-state index in [0.29, 0.717) is 12.1 Å². The zero-order valence-electron chi connectivity index (χ0n) is 14.3. The minimum absolute atomic E-state index is 0.0917. The minimum Gasteiger partial charge on any atom is -0.463 e. The number of cyclic esters (lactones) is 1. The summed E-state index contributed by atoms with van der Waals surface area (Å²) in [4.78, 5) is 40.4. The smallest absolute Gasteiger partial charge is 0.347 e. The summed E-state index contributed by atoms with van der Waals surface area (Å²) in [6.07, 6.45) is 1.96. The monoisotopic (exact) mass is 390 g/mol.